The monoisotopic (exact) mass is 267 g/mol. The standard InChI is InChI=1S/C3H10N2.4C2H4.HO3P/c1-2-3(4)5;4*1-2;1-4(2)3/h3H,2,4-5H2,1H3;4*1-2H2;(H-,1,2,3)/p+1. The van der Waals surface area contributed by atoms with Crippen LogP contribution in [0.25, 0.3) is 0 Å². The van der Waals surface area contributed by atoms with Gasteiger partial charge in [0.25, 0.3) is 0 Å². The summed E-state index contributed by atoms with van der Waals surface area (Å²) >= 11 is 0. The van der Waals surface area contributed by atoms with Gasteiger partial charge < -0.3 is 11.5 Å². The van der Waals surface area contributed by atoms with Gasteiger partial charge in [0.2, 0.25) is 0 Å². The van der Waals surface area contributed by atoms with E-state index in [1.54, 1.807) is 0 Å². The molecule has 0 aliphatic carbocycles. The highest BCUT2D eigenvalue weighted by atomic mass is 31.1. The van der Waals surface area contributed by atoms with E-state index in [4.69, 9.17) is 25.8 Å². The van der Waals surface area contributed by atoms with Crippen molar-refractivity contribution >= 4 is 8.25 Å². The van der Waals surface area contributed by atoms with Crippen LogP contribution in [0.2, 0.25) is 0 Å². The third-order valence-electron chi connectivity index (χ3n) is 0.471. The molecule has 0 aromatic heterocycles. The molecule has 0 saturated carbocycles. The molecule has 5 nitrogen and oxygen atoms in total. The molecule has 6 heteroatoms. The zero-order chi connectivity index (χ0) is 15.9. The Bertz CT molecular complexity index is 113. The smallest absolute Gasteiger partial charge is 0.316 e. The Morgan fingerprint density at radius 1 is 0.941 bits per heavy atom. The molecule has 104 valence electrons. The van der Waals surface area contributed by atoms with Crippen molar-refractivity contribution in [1.29, 1.82) is 0 Å². The van der Waals surface area contributed by atoms with Crippen LogP contribution in [0.15, 0.2) is 52.6 Å². The minimum Gasteiger partial charge on any atom is -0.316 e. The fourth-order valence-corrected chi connectivity index (χ4v) is 0. The molecule has 0 fully saturated rings. The fraction of sp³-hybridized carbons (Fsp3) is 0.273. The van der Waals surface area contributed by atoms with E-state index >= 15 is 0 Å². The lowest BCUT2D eigenvalue weighted by Crippen LogP contribution is -2.28. The topological polar surface area (TPSA) is 110 Å². The largest absolute Gasteiger partial charge is 0.692 e. The van der Waals surface area contributed by atoms with Crippen molar-refractivity contribution in [3.05, 3.63) is 52.6 Å². The van der Waals surface area contributed by atoms with Gasteiger partial charge in [0.15, 0.2) is 0 Å². The summed E-state index contributed by atoms with van der Waals surface area (Å²) < 4.78 is 8.70. The molecule has 0 aliphatic heterocycles. The van der Waals surface area contributed by atoms with Gasteiger partial charge in [0.1, 0.15) is 0 Å². The summed E-state index contributed by atoms with van der Waals surface area (Å²) in [5, 5.41) is 0. The lowest BCUT2D eigenvalue weighted by molar-refractivity contribution is 0.405. The van der Waals surface area contributed by atoms with Gasteiger partial charge >= 0.3 is 8.25 Å². The molecule has 0 amide bonds. The van der Waals surface area contributed by atoms with Gasteiger partial charge in [-0.3, -0.25) is 0 Å². The first-order valence-corrected chi connectivity index (χ1v) is 5.53. The van der Waals surface area contributed by atoms with Crippen molar-refractivity contribution in [2.24, 2.45) is 11.5 Å². The van der Waals surface area contributed by atoms with Crippen molar-refractivity contribution in [2.45, 2.75) is 19.5 Å². The summed E-state index contributed by atoms with van der Waals surface area (Å²) in [7, 11) is -2.87. The first-order chi connectivity index (χ1) is 8.00. The van der Waals surface area contributed by atoms with Crippen LogP contribution in [0.1, 0.15) is 13.3 Å². The molecule has 17 heavy (non-hydrogen) atoms. The maximum atomic E-state index is 8.70. The first-order valence-electron chi connectivity index (χ1n) is 4.36. The minimum absolute atomic E-state index is 0.116. The second-order valence-corrected chi connectivity index (χ2v) is 1.83. The number of hydrogen-bond acceptors (Lipinski definition) is 3. The highest BCUT2D eigenvalue weighted by Crippen LogP contribution is 1.98. The average molecular weight is 267 g/mol. The van der Waals surface area contributed by atoms with Crippen molar-refractivity contribution in [1.82, 2.24) is 0 Å². The molecule has 0 aromatic rings. The Kier molecular flexibility index (Phi) is 175. The highest BCUT2D eigenvalue weighted by molar-refractivity contribution is 7.30. The molecule has 0 spiro atoms. The predicted molar refractivity (Wildman–Crippen MR) is 79.5 cm³/mol. The van der Waals surface area contributed by atoms with Gasteiger partial charge in [-0.1, -0.05) is 6.92 Å². The van der Waals surface area contributed by atoms with Crippen molar-refractivity contribution in [3.63, 3.8) is 0 Å². The minimum atomic E-state index is -2.87. The van der Waals surface area contributed by atoms with Crippen LogP contribution in [0, 0.1) is 0 Å². The molecule has 0 atom stereocenters. The van der Waals surface area contributed by atoms with E-state index in [9.17, 15) is 0 Å². The molecule has 0 unspecified atom stereocenters. The lowest BCUT2D eigenvalue weighted by atomic mass is 10.4. The maximum absolute atomic E-state index is 8.70. The second-order valence-electron chi connectivity index (χ2n) is 1.32. The third-order valence-corrected chi connectivity index (χ3v) is 0.471. The van der Waals surface area contributed by atoms with Crippen LogP contribution in [0.4, 0.5) is 0 Å². The van der Waals surface area contributed by atoms with Crippen LogP contribution in [-0.2, 0) is 4.57 Å². The molecule has 0 heterocycles. The summed E-state index contributed by atoms with van der Waals surface area (Å²) in [6.45, 7) is 25.9. The summed E-state index contributed by atoms with van der Waals surface area (Å²) in [6, 6.07) is 0. The first kappa shape index (κ1) is 36.0. The molecule has 0 aliphatic rings. The van der Waals surface area contributed by atoms with E-state index in [-0.39, 0.29) is 6.17 Å². The fourth-order valence-electron chi connectivity index (χ4n) is 0. The Hall–Kier alpha value is -1.10. The highest BCUT2D eigenvalue weighted by Gasteiger charge is 1.93. The normalized spacial score (nSPS) is 5.29. The lowest BCUT2D eigenvalue weighted by Gasteiger charge is -1.92. The van der Waals surface area contributed by atoms with E-state index < -0.39 is 8.25 Å². The molecule has 0 bridgehead atoms. The van der Waals surface area contributed by atoms with Gasteiger partial charge in [-0.25, -0.2) is 0 Å². The van der Waals surface area contributed by atoms with Crippen LogP contribution in [0.3, 0.4) is 0 Å². The Morgan fingerprint density at radius 2 is 1.00 bits per heavy atom. The van der Waals surface area contributed by atoms with Gasteiger partial charge in [0, 0.05) is 4.57 Å². The van der Waals surface area contributed by atoms with Crippen molar-refractivity contribution in [3.8, 4) is 0 Å². The molecule has 0 rings (SSSR count). The average Bonchev–Trinajstić information content (AvgIpc) is 2.38. The van der Waals surface area contributed by atoms with Crippen LogP contribution in [-0.4, -0.2) is 16.0 Å². The van der Waals surface area contributed by atoms with Crippen LogP contribution >= 0.6 is 8.25 Å². The van der Waals surface area contributed by atoms with E-state index in [0.29, 0.717) is 0 Å². The second kappa shape index (κ2) is 82.7. The Morgan fingerprint density at radius 3 is 1.00 bits per heavy atom. The maximum Gasteiger partial charge on any atom is 0.692 e. The Labute approximate surface area is 107 Å². The molecule has 6 N–H and O–H groups in total. The summed E-state index contributed by atoms with van der Waals surface area (Å²) in [5.41, 5.74) is 10.1. The third kappa shape index (κ3) is 3060. The van der Waals surface area contributed by atoms with E-state index in [2.05, 4.69) is 52.6 Å². The van der Waals surface area contributed by atoms with Gasteiger partial charge in [-0.05, 0) is 6.42 Å². The van der Waals surface area contributed by atoms with Gasteiger partial charge in [-0.15, -0.1) is 62.4 Å². The SMILES string of the molecule is C=C.C=C.C=C.C=C.CCC(N)N.O=[P+](O)O. The molecule has 0 saturated heterocycles. The molecular weight excluding hydrogens is 239 g/mol. The molecule has 0 radical (unpaired) electrons. The quantitative estimate of drug-likeness (QED) is 0.331. The molecular formula is C11H28N2O3P+. The van der Waals surface area contributed by atoms with Gasteiger partial charge in [0.05, 0.1) is 6.17 Å². The van der Waals surface area contributed by atoms with E-state index in [0.717, 1.165) is 6.42 Å². The molecule has 0 aromatic carbocycles. The zero-order valence-electron chi connectivity index (χ0n) is 10.8. The predicted octanol–water partition coefficient (Wildman–Crippen LogP) is 2.48. The zero-order valence-corrected chi connectivity index (χ0v) is 11.7. The Balaban J connectivity index is -0.0000000228. The van der Waals surface area contributed by atoms with Crippen LogP contribution in [0.5, 0.6) is 0 Å². The van der Waals surface area contributed by atoms with Crippen LogP contribution < -0.4 is 11.5 Å². The number of rotatable bonds is 1. The van der Waals surface area contributed by atoms with E-state index in [1.807, 2.05) is 6.92 Å². The van der Waals surface area contributed by atoms with Crippen molar-refractivity contribution in [2.75, 3.05) is 0 Å². The summed E-state index contributed by atoms with van der Waals surface area (Å²) in [6.07, 6.45) is 0.745. The number of hydrogen-bond donors (Lipinski definition) is 4. The summed E-state index contributed by atoms with van der Waals surface area (Å²) in [4.78, 5) is 14.2. The van der Waals surface area contributed by atoms with Crippen molar-refractivity contribution < 1.29 is 14.4 Å². The van der Waals surface area contributed by atoms with E-state index in [1.165, 1.54) is 0 Å². The summed E-state index contributed by atoms with van der Waals surface area (Å²) in [5.74, 6) is 0. The number of nitrogens with two attached hydrogens (primary N) is 2. The van der Waals surface area contributed by atoms with Gasteiger partial charge in [-0.2, -0.15) is 0 Å².